The van der Waals surface area contributed by atoms with Crippen molar-refractivity contribution in [3.63, 3.8) is 0 Å². The van der Waals surface area contributed by atoms with Gasteiger partial charge in [-0.05, 0) is 73.6 Å². The van der Waals surface area contributed by atoms with E-state index in [1.54, 1.807) is 7.11 Å². The zero-order valence-electron chi connectivity index (χ0n) is 19.7. The number of hydrogen-bond acceptors (Lipinski definition) is 9. The number of thiazole rings is 1. The van der Waals surface area contributed by atoms with E-state index < -0.39 is 8.32 Å². The molecule has 0 N–H and O–H groups in total. The summed E-state index contributed by atoms with van der Waals surface area (Å²) >= 11 is 2.97. The van der Waals surface area contributed by atoms with Crippen LogP contribution in [0.5, 0.6) is 5.75 Å². The first-order chi connectivity index (χ1) is 16.4. The summed E-state index contributed by atoms with van der Waals surface area (Å²) in [6.07, 6.45) is 0.916. The molecule has 4 rings (SSSR count). The van der Waals surface area contributed by atoms with Crippen LogP contribution in [-0.2, 0) is 10.8 Å². The van der Waals surface area contributed by atoms with Crippen LogP contribution >= 0.6 is 22.7 Å². The van der Waals surface area contributed by atoms with Crippen LogP contribution in [0.3, 0.4) is 0 Å². The first kappa shape index (κ1) is 24.3. The van der Waals surface area contributed by atoms with E-state index in [9.17, 15) is 0 Å². The van der Waals surface area contributed by atoms with Gasteiger partial charge in [0.05, 0.1) is 23.2 Å². The summed E-state index contributed by atoms with van der Waals surface area (Å²) < 4.78 is 12.2. The lowest BCUT2D eigenvalue weighted by molar-refractivity contribution is 0.312. The highest BCUT2D eigenvalue weighted by Gasteiger charge is 2.18. The fourth-order valence-corrected chi connectivity index (χ4v) is 5.64. The van der Waals surface area contributed by atoms with Crippen LogP contribution in [0, 0.1) is 0 Å². The Morgan fingerprint density at radius 1 is 0.882 bits per heavy atom. The van der Waals surface area contributed by atoms with Crippen LogP contribution in [0.2, 0.25) is 19.1 Å². The van der Waals surface area contributed by atoms with Crippen LogP contribution in [0.4, 0.5) is 21.5 Å². The maximum absolute atomic E-state index is 6.07. The first-order valence-corrected chi connectivity index (χ1v) is 15.8. The van der Waals surface area contributed by atoms with Crippen molar-refractivity contribution in [3.8, 4) is 5.75 Å². The van der Waals surface area contributed by atoms with Gasteiger partial charge in [-0.2, -0.15) is 0 Å². The van der Waals surface area contributed by atoms with Gasteiger partial charge < -0.3 is 9.16 Å². The molecule has 2 aromatic heterocycles. The molecule has 0 radical (unpaired) electrons. The fourth-order valence-electron chi connectivity index (χ4n) is 2.94. The van der Waals surface area contributed by atoms with Crippen molar-refractivity contribution in [2.45, 2.75) is 32.5 Å². The van der Waals surface area contributed by atoms with E-state index in [4.69, 9.17) is 9.16 Å². The van der Waals surface area contributed by atoms with Gasteiger partial charge in [0.25, 0.3) is 0 Å². The molecule has 0 unspecified atom stereocenters. The summed E-state index contributed by atoms with van der Waals surface area (Å²) in [5, 5.41) is 18.7. The van der Waals surface area contributed by atoms with Crippen molar-refractivity contribution >= 4 is 62.0 Å². The second-order valence-electron chi connectivity index (χ2n) is 8.23. The fraction of sp³-hybridized carbons (Fsp3) is 0.292. The van der Waals surface area contributed by atoms with Gasteiger partial charge in [-0.15, -0.1) is 20.5 Å². The molecule has 0 amide bonds. The average molecular weight is 510 g/mol. The Kier molecular flexibility index (Phi) is 7.94. The monoisotopic (exact) mass is 509 g/mol. The maximum Gasteiger partial charge on any atom is 0.231 e. The highest BCUT2D eigenvalue weighted by molar-refractivity contribution is 7.30. The molecule has 2 aromatic carbocycles. The van der Waals surface area contributed by atoms with Gasteiger partial charge in [0.1, 0.15) is 15.6 Å². The van der Waals surface area contributed by atoms with Gasteiger partial charge >= 0.3 is 0 Å². The second kappa shape index (κ2) is 11.1. The summed E-state index contributed by atoms with van der Waals surface area (Å²) in [6, 6.07) is 18.7. The van der Waals surface area contributed by atoms with E-state index in [0.29, 0.717) is 5.13 Å². The number of thiophene rings is 1. The largest absolute Gasteiger partial charge is 0.497 e. The number of azo groups is 2. The zero-order valence-corrected chi connectivity index (χ0v) is 22.3. The topological polar surface area (TPSA) is 80.8 Å². The molecule has 0 atom stereocenters. The van der Waals surface area contributed by atoms with Crippen molar-refractivity contribution in [1.29, 1.82) is 0 Å². The van der Waals surface area contributed by atoms with Gasteiger partial charge in [0, 0.05) is 6.61 Å². The van der Waals surface area contributed by atoms with Gasteiger partial charge in [-0.3, -0.25) is 0 Å². The minimum Gasteiger partial charge on any atom is -0.497 e. The van der Waals surface area contributed by atoms with Gasteiger partial charge in [-0.1, -0.05) is 41.7 Å². The highest BCUT2D eigenvalue weighted by atomic mass is 32.1. The van der Waals surface area contributed by atoms with Crippen molar-refractivity contribution in [3.05, 3.63) is 60.2 Å². The van der Waals surface area contributed by atoms with Crippen molar-refractivity contribution in [2.24, 2.45) is 20.5 Å². The Labute approximate surface area is 208 Å². The van der Waals surface area contributed by atoms with Crippen LogP contribution in [0.1, 0.15) is 12.5 Å². The number of fused-ring (bicyclic) bond motifs is 1. The Hall–Kier alpha value is -2.79. The number of aromatic nitrogens is 1. The third-order valence-electron chi connectivity index (χ3n) is 5.32. The SMILES string of the molecule is CC[Si](C)(C)OCCc1ccc(N=Nc2cc3sc(N=Nc4ccc(OC)cc4)nc3s2)cc1. The molecule has 0 saturated carbocycles. The summed E-state index contributed by atoms with van der Waals surface area (Å²) in [6.45, 7) is 7.49. The molecule has 0 bridgehead atoms. The number of nitrogens with zero attached hydrogens (tertiary/aromatic N) is 5. The van der Waals surface area contributed by atoms with Crippen LogP contribution in [0.25, 0.3) is 9.53 Å². The van der Waals surface area contributed by atoms with Gasteiger partial charge in [-0.25, -0.2) is 4.98 Å². The Morgan fingerprint density at radius 3 is 2.21 bits per heavy atom. The molecule has 34 heavy (non-hydrogen) atoms. The molecular formula is C24H27N5O2S2Si. The minimum absolute atomic E-state index is 0.616. The van der Waals surface area contributed by atoms with E-state index in [0.717, 1.165) is 50.7 Å². The molecule has 10 heteroatoms. The number of benzene rings is 2. The smallest absolute Gasteiger partial charge is 0.231 e. The molecule has 176 valence electrons. The molecular weight excluding hydrogens is 483 g/mol. The first-order valence-electron chi connectivity index (χ1n) is 11.0. The van der Waals surface area contributed by atoms with E-state index in [1.807, 2.05) is 42.5 Å². The average Bonchev–Trinajstić information content (AvgIpc) is 3.41. The van der Waals surface area contributed by atoms with E-state index >= 15 is 0 Å². The lowest BCUT2D eigenvalue weighted by atomic mass is 10.1. The van der Waals surface area contributed by atoms with E-state index in [-0.39, 0.29) is 0 Å². The van der Waals surface area contributed by atoms with Crippen molar-refractivity contribution < 1.29 is 9.16 Å². The molecule has 7 nitrogen and oxygen atoms in total. The standard InChI is InChI=1S/C24H27N5O2S2Si/c1-5-34(3,4)31-15-14-17-6-8-18(9-7-17)26-28-22-16-21-23(33-22)25-24(32-21)29-27-19-10-12-20(30-2)13-11-19/h6-13,16H,5,14-15H2,1-4H3. The van der Waals surface area contributed by atoms with Crippen LogP contribution < -0.4 is 4.74 Å². The Morgan fingerprint density at radius 2 is 1.56 bits per heavy atom. The zero-order chi connectivity index (χ0) is 24.0. The van der Waals surface area contributed by atoms with Gasteiger partial charge in [0.15, 0.2) is 8.32 Å². The quantitative estimate of drug-likeness (QED) is 0.158. The number of ether oxygens (including phenoxy) is 1. The van der Waals surface area contributed by atoms with Crippen LogP contribution in [0.15, 0.2) is 75.1 Å². The maximum atomic E-state index is 6.07. The Balaban J connectivity index is 1.34. The molecule has 0 spiro atoms. The molecule has 0 aliphatic rings. The predicted octanol–water partition coefficient (Wildman–Crippen LogP) is 8.98. The minimum atomic E-state index is -1.48. The van der Waals surface area contributed by atoms with E-state index in [1.165, 1.54) is 28.2 Å². The molecule has 4 aromatic rings. The normalized spacial score (nSPS) is 12.4. The van der Waals surface area contributed by atoms with Gasteiger partial charge in [0.2, 0.25) is 5.13 Å². The highest BCUT2D eigenvalue weighted by Crippen LogP contribution is 2.39. The van der Waals surface area contributed by atoms with E-state index in [2.05, 4.69) is 57.6 Å². The molecule has 0 aliphatic heterocycles. The lowest BCUT2D eigenvalue weighted by Crippen LogP contribution is -2.29. The number of hydrogen-bond donors (Lipinski definition) is 0. The summed E-state index contributed by atoms with van der Waals surface area (Å²) in [5.41, 5.74) is 2.82. The predicted molar refractivity (Wildman–Crippen MR) is 143 cm³/mol. The summed E-state index contributed by atoms with van der Waals surface area (Å²) in [7, 11) is 0.155. The molecule has 0 fully saturated rings. The van der Waals surface area contributed by atoms with Crippen molar-refractivity contribution in [1.82, 2.24) is 4.98 Å². The molecule has 2 heterocycles. The summed E-state index contributed by atoms with van der Waals surface area (Å²) in [4.78, 5) is 5.43. The van der Waals surface area contributed by atoms with Crippen molar-refractivity contribution in [2.75, 3.05) is 13.7 Å². The third-order valence-corrected chi connectivity index (χ3v) is 9.94. The van der Waals surface area contributed by atoms with Crippen LogP contribution in [-0.4, -0.2) is 27.0 Å². The number of methoxy groups -OCH3 is 1. The third kappa shape index (κ3) is 6.63. The summed E-state index contributed by atoms with van der Waals surface area (Å²) in [5.74, 6) is 0.786. The molecule has 0 aliphatic carbocycles. The number of rotatable bonds is 10. The Bertz CT molecular complexity index is 1250. The molecule has 0 saturated heterocycles. The lowest BCUT2D eigenvalue weighted by Gasteiger charge is -2.20. The second-order valence-corrected chi connectivity index (χ2v) is 14.8.